The van der Waals surface area contributed by atoms with Gasteiger partial charge in [0.2, 0.25) is 11.8 Å². The van der Waals surface area contributed by atoms with Crippen LogP contribution in [0.3, 0.4) is 0 Å². The molecular weight excluding hydrogens is 448 g/mol. The monoisotopic (exact) mass is 470 g/mol. The quantitative estimate of drug-likeness (QED) is 0.248. The first-order chi connectivity index (χ1) is 15.3. The van der Waals surface area contributed by atoms with Crippen LogP contribution in [0.2, 0.25) is 0 Å². The molecule has 1 aromatic rings. The summed E-state index contributed by atoms with van der Waals surface area (Å²) in [7, 11) is 0. The van der Waals surface area contributed by atoms with Crippen molar-refractivity contribution >= 4 is 46.0 Å². The van der Waals surface area contributed by atoms with Crippen LogP contribution in [0.1, 0.15) is 25.3 Å². The number of hydrogen-bond acceptors (Lipinski definition) is 8. The van der Waals surface area contributed by atoms with Crippen molar-refractivity contribution in [1.82, 2.24) is 4.90 Å². The third-order valence-corrected chi connectivity index (χ3v) is 7.60. The maximum atomic E-state index is 12.6. The summed E-state index contributed by atoms with van der Waals surface area (Å²) in [6.07, 6.45) is 3.28. The molecular formula is C23H22N2O5S2. The molecule has 0 aromatic heterocycles. The molecule has 5 atom stereocenters. The SMILES string of the molecule is CC(C#N)(CCC(=O)OCCN1C(=O)C2C3C=CC(O3)C2C1=O)SC(=S)c1ccccc1. The number of ether oxygens (including phenoxy) is 2. The minimum absolute atomic E-state index is 0.0260. The van der Waals surface area contributed by atoms with E-state index in [1.807, 2.05) is 42.5 Å². The predicted octanol–water partition coefficient (Wildman–Crippen LogP) is 2.64. The number of thioether (sulfide) groups is 1. The summed E-state index contributed by atoms with van der Waals surface area (Å²) in [4.78, 5) is 38.5. The predicted molar refractivity (Wildman–Crippen MR) is 121 cm³/mol. The first-order valence-electron chi connectivity index (χ1n) is 10.4. The average Bonchev–Trinajstić information content (AvgIpc) is 3.48. The van der Waals surface area contributed by atoms with Gasteiger partial charge in [0.15, 0.2) is 0 Å². The fraction of sp³-hybridized carbons (Fsp3) is 0.435. The minimum atomic E-state index is -0.878. The summed E-state index contributed by atoms with van der Waals surface area (Å²) in [6, 6.07) is 11.6. The van der Waals surface area contributed by atoms with E-state index >= 15 is 0 Å². The molecule has 2 bridgehead atoms. The van der Waals surface area contributed by atoms with E-state index in [-0.39, 0.29) is 50.0 Å². The summed E-state index contributed by atoms with van der Waals surface area (Å²) in [5.74, 6) is -1.95. The van der Waals surface area contributed by atoms with Crippen molar-refractivity contribution < 1.29 is 23.9 Å². The molecule has 3 aliphatic rings. The van der Waals surface area contributed by atoms with Gasteiger partial charge in [0.25, 0.3) is 0 Å². The van der Waals surface area contributed by atoms with Crippen molar-refractivity contribution in [3.8, 4) is 6.07 Å². The maximum absolute atomic E-state index is 12.6. The maximum Gasteiger partial charge on any atom is 0.305 e. The summed E-state index contributed by atoms with van der Waals surface area (Å²) in [5, 5.41) is 9.62. The molecule has 5 unspecified atom stereocenters. The highest BCUT2D eigenvalue weighted by atomic mass is 32.2. The van der Waals surface area contributed by atoms with Gasteiger partial charge in [-0.2, -0.15) is 5.26 Å². The first-order valence-corrected chi connectivity index (χ1v) is 11.6. The van der Waals surface area contributed by atoms with E-state index in [0.717, 1.165) is 5.56 Å². The summed E-state index contributed by atoms with van der Waals surface area (Å²) < 4.78 is 10.5. The average molecular weight is 471 g/mol. The molecule has 2 amide bonds. The molecule has 1 aromatic carbocycles. The fourth-order valence-electron chi connectivity index (χ4n) is 4.22. The Kier molecular flexibility index (Phi) is 6.47. The van der Waals surface area contributed by atoms with E-state index in [1.165, 1.54) is 16.7 Å². The Morgan fingerprint density at radius 1 is 1.22 bits per heavy atom. The molecule has 0 saturated carbocycles. The molecule has 3 aliphatic heterocycles. The minimum Gasteiger partial charge on any atom is -0.464 e. The number of hydrogen-bond donors (Lipinski definition) is 0. The van der Waals surface area contributed by atoms with E-state index < -0.39 is 22.6 Å². The van der Waals surface area contributed by atoms with E-state index in [9.17, 15) is 19.6 Å². The number of imide groups is 1. The lowest BCUT2D eigenvalue weighted by Crippen LogP contribution is -2.37. The number of likely N-dealkylation sites (tertiary alicyclic amines) is 1. The zero-order valence-corrected chi connectivity index (χ0v) is 19.1. The Labute approximate surface area is 195 Å². The molecule has 3 heterocycles. The van der Waals surface area contributed by atoms with Gasteiger partial charge in [0.1, 0.15) is 11.4 Å². The highest BCUT2D eigenvalue weighted by Crippen LogP contribution is 2.44. The molecule has 2 saturated heterocycles. The first kappa shape index (κ1) is 22.6. The molecule has 0 spiro atoms. The lowest BCUT2D eigenvalue weighted by Gasteiger charge is -2.21. The van der Waals surface area contributed by atoms with Crippen molar-refractivity contribution in [3.63, 3.8) is 0 Å². The van der Waals surface area contributed by atoms with E-state index in [4.69, 9.17) is 21.7 Å². The summed E-state index contributed by atoms with van der Waals surface area (Å²) in [6.45, 7) is 1.70. The van der Waals surface area contributed by atoms with Crippen LogP contribution in [0.5, 0.6) is 0 Å². The number of nitriles is 1. The lowest BCUT2D eigenvalue weighted by atomic mass is 9.85. The third kappa shape index (κ3) is 4.35. The zero-order valence-electron chi connectivity index (χ0n) is 17.4. The van der Waals surface area contributed by atoms with Crippen molar-refractivity contribution in [2.24, 2.45) is 11.8 Å². The van der Waals surface area contributed by atoms with Crippen LogP contribution in [0.4, 0.5) is 0 Å². The standard InChI is InChI=1S/C23H22N2O5S2/c1-23(13-24,32-22(31)14-5-3-2-4-6-14)10-9-17(26)29-12-11-25-20(27)18-15-7-8-16(30-15)19(18)21(25)28/h2-8,15-16,18-19H,9-12H2,1H3. The molecule has 0 radical (unpaired) electrons. The Bertz CT molecular complexity index is 991. The van der Waals surface area contributed by atoms with E-state index in [1.54, 1.807) is 6.92 Å². The Morgan fingerprint density at radius 3 is 2.44 bits per heavy atom. The second-order valence-corrected chi connectivity index (χ2v) is 10.3. The Balaban J connectivity index is 1.23. The van der Waals surface area contributed by atoms with Gasteiger partial charge in [-0.25, -0.2) is 0 Å². The highest BCUT2D eigenvalue weighted by molar-refractivity contribution is 8.24. The number of esters is 1. The van der Waals surface area contributed by atoms with Gasteiger partial charge >= 0.3 is 5.97 Å². The number of carbonyl (C=O) groups is 3. The fourth-order valence-corrected chi connectivity index (χ4v) is 5.82. The molecule has 7 nitrogen and oxygen atoms in total. The van der Waals surface area contributed by atoms with Crippen LogP contribution in [0.25, 0.3) is 0 Å². The van der Waals surface area contributed by atoms with Gasteiger partial charge in [-0.05, 0) is 18.9 Å². The van der Waals surface area contributed by atoms with Crippen LogP contribution in [-0.4, -0.2) is 57.0 Å². The lowest BCUT2D eigenvalue weighted by molar-refractivity contribution is -0.149. The number of carbonyl (C=O) groups excluding carboxylic acids is 3. The van der Waals surface area contributed by atoms with Gasteiger partial charge in [-0.3, -0.25) is 19.3 Å². The van der Waals surface area contributed by atoms with Gasteiger partial charge < -0.3 is 9.47 Å². The molecule has 0 N–H and O–H groups in total. The number of fused-ring (bicyclic) bond motifs is 5. The van der Waals surface area contributed by atoms with E-state index in [0.29, 0.717) is 4.20 Å². The molecule has 166 valence electrons. The van der Waals surface area contributed by atoms with Crippen molar-refractivity contribution in [2.45, 2.75) is 36.7 Å². The number of benzene rings is 1. The third-order valence-electron chi connectivity index (χ3n) is 5.95. The Hall–Kier alpha value is -2.54. The van der Waals surface area contributed by atoms with Crippen LogP contribution < -0.4 is 0 Å². The number of amides is 2. The largest absolute Gasteiger partial charge is 0.464 e. The topological polar surface area (TPSA) is 96.7 Å². The summed E-state index contributed by atoms with van der Waals surface area (Å²) >= 11 is 6.69. The second kappa shape index (κ2) is 9.14. The van der Waals surface area contributed by atoms with Crippen LogP contribution in [-0.2, 0) is 23.9 Å². The van der Waals surface area contributed by atoms with Crippen molar-refractivity contribution in [2.75, 3.05) is 13.2 Å². The van der Waals surface area contributed by atoms with Crippen molar-refractivity contribution in [1.29, 1.82) is 5.26 Å². The molecule has 2 fully saturated rings. The number of rotatable bonds is 8. The highest BCUT2D eigenvalue weighted by Gasteiger charge is 2.60. The molecule has 32 heavy (non-hydrogen) atoms. The van der Waals surface area contributed by atoms with Crippen molar-refractivity contribution in [3.05, 3.63) is 48.0 Å². The molecule has 0 aliphatic carbocycles. The van der Waals surface area contributed by atoms with Crippen LogP contribution >= 0.6 is 24.0 Å². The van der Waals surface area contributed by atoms with E-state index in [2.05, 4.69) is 6.07 Å². The zero-order chi connectivity index (χ0) is 22.9. The number of thiocarbonyl (C=S) groups is 1. The van der Waals surface area contributed by atoms with Gasteiger partial charge in [0.05, 0.1) is 40.9 Å². The second-order valence-electron chi connectivity index (χ2n) is 8.15. The number of nitrogens with zero attached hydrogens (tertiary/aromatic N) is 2. The van der Waals surface area contributed by atoms with Gasteiger partial charge in [-0.1, -0.05) is 66.5 Å². The van der Waals surface area contributed by atoms with Gasteiger partial charge in [-0.15, -0.1) is 0 Å². The van der Waals surface area contributed by atoms with Gasteiger partial charge in [0, 0.05) is 6.42 Å². The normalized spacial score (nSPS) is 27.2. The van der Waals surface area contributed by atoms with Crippen LogP contribution in [0, 0.1) is 23.2 Å². The molecule has 4 rings (SSSR count). The van der Waals surface area contributed by atoms with Crippen LogP contribution in [0.15, 0.2) is 42.5 Å². The molecule has 9 heteroatoms. The Morgan fingerprint density at radius 2 is 1.84 bits per heavy atom. The smallest absolute Gasteiger partial charge is 0.305 e. The summed E-state index contributed by atoms with van der Waals surface area (Å²) in [5.41, 5.74) is 0.857.